The van der Waals surface area contributed by atoms with E-state index in [0.29, 0.717) is 23.3 Å². The third-order valence-electron chi connectivity index (χ3n) is 9.44. The summed E-state index contributed by atoms with van der Waals surface area (Å²) < 4.78 is 120. The average molecular weight is 781 g/mol. The number of nitrogens with two attached hydrogens (primary N) is 1. The predicted molar refractivity (Wildman–Crippen MR) is 195 cm³/mol. The van der Waals surface area contributed by atoms with Gasteiger partial charge >= 0.3 is 11.8 Å². The van der Waals surface area contributed by atoms with Gasteiger partial charge in [-0.3, -0.25) is 9.97 Å². The Morgan fingerprint density at radius 1 is 0.643 bits per heavy atom. The number of epoxide rings is 1. The Morgan fingerprint density at radius 3 is 1.50 bits per heavy atom. The smallest absolute Gasteiger partial charge is 0.324 e. The molecule has 1 saturated heterocycles. The first-order chi connectivity index (χ1) is 26.0. The van der Waals surface area contributed by atoms with Crippen molar-refractivity contribution in [1.82, 2.24) is 16.1 Å². The number of benzene rings is 4. The highest BCUT2D eigenvalue weighted by molar-refractivity contribution is 5.63. The van der Waals surface area contributed by atoms with Crippen molar-refractivity contribution in [2.75, 3.05) is 13.2 Å². The third-order valence-corrected chi connectivity index (χ3v) is 9.44. The zero-order chi connectivity index (χ0) is 39.8. The van der Waals surface area contributed by atoms with Crippen molar-refractivity contribution in [1.29, 1.82) is 0 Å². The zero-order valence-corrected chi connectivity index (χ0v) is 30.0. The second-order valence-corrected chi connectivity index (χ2v) is 13.2. The van der Waals surface area contributed by atoms with Gasteiger partial charge in [-0.05, 0) is 55.3 Å². The molecule has 0 spiro atoms. The van der Waals surface area contributed by atoms with E-state index in [0.717, 1.165) is 52.6 Å². The minimum atomic E-state index is -4.02. The van der Waals surface area contributed by atoms with Crippen LogP contribution >= 0.6 is 0 Å². The summed E-state index contributed by atoms with van der Waals surface area (Å²) in [6.45, 7) is 2.51. The Balaban J connectivity index is 0.000000211. The molecule has 1 fully saturated rings. The summed E-state index contributed by atoms with van der Waals surface area (Å²) in [5.41, 5.74) is 2.71. The highest BCUT2D eigenvalue weighted by Crippen LogP contribution is 2.56. The standard InChI is InChI=1S/C21H18F4N2O.C21H15F4NO.H3N/c1-13-2-4-14(5-3-13)15-6-9-19(27-11-15)21(24,25)20(28,12-26)17-8-7-16(22)10-18(17)23;1-13-2-4-14(5-3-13)15-6-9-19(26-11-15)21(24,25)20(12-27-20)17-8-7-16(22)10-18(17)23;/h2-11,28H,12,26H2,1H3;2-11H,12H2,1H3;1H3. The number of hydrogen-bond donors (Lipinski definition) is 3. The number of ether oxygens (including phenoxy) is 1. The van der Waals surface area contributed by atoms with Crippen LogP contribution in [0.15, 0.2) is 122 Å². The molecular weight excluding hydrogens is 744 g/mol. The molecule has 2 atom stereocenters. The summed E-state index contributed by atoms with van der Waals surface area (Å²) >= 11 is 0. The monoisotopic (exact) mass is 780 g/mol. The Bertz CT molecular complexity index is 2290. The van der Waals surface area contributed by atoms with Crippen molar-refractivity contribution in [2.45, 2.75) is 36.9 Å². The molecule has 0 radical (unpaired) electrons. The number of halogens is 8. The first-order valence-corrected chi connectivity index (χ1v) is 16.8. The number of nitrogens with zero attached hydrogens (tertiary/aromatic N) is 2. The molecule has 2 aromatic heterocycles. The molecule has 14 heteroatoms. The van der Waals surface area contributed by atoms with Crippen LogP contribution in [0.5, 0.6) is 0 Å². The van der Waals surface area contributed by atoms with Crippen LogP contribution in [0, 0.1) is 37.1 Å². The lowest BCUT2D eigenvalue weighted by atomic mass is 9.84. The highest BCUT2D eigenvalue weighted by Gasteiger charge is 2.68. The lowest BCUT2D eigenvalue weighted by Gasteiger charge is -2.35. The molecule has 7 rings (SSSR count). The molecule has 6 aromatic rings. The van der Waals surface area contributed by atoms with Gasteiger partial charge in [-0.15, -0.1) is 0 Å². The second-order valence-electron chi connectivity index (χ2n) is 13.2. The van der Waals surface area contributed by atoms with E-state index in [1.807, 2.05) is 62.4 Å². The van der Waals surface area contributed by atoms with Crippen LogP contribution in [0.1, 0.15) is 33.6 Å². The number of alkyl halides is 4. The van der Waals surface area contributed by atoms with E-state index in [2.05, 4.69) is 9.97 Å². The van der Waals surface area contributed by atoms with Crippen molar-refractivity contribution < 1.29 is 45.0 Å². The molecule has 56 heavy (non-hydrogen) atoms. The second kappa shape index (κ2) is 15.9. The minimum Gasteiger partial charge on any atom is -0.377 e. The van der Waals surface area contributed by atoms with Gasteiger partial charge in [0, 0.05) is 53.3 Å². The van der Waals surface area contributed by atoms with E-state index in [-0.39, 0.29) is 18.3 Å². The minimum absolute atomic E-state index is 0. The van der Waals surface area contributed by atoms with Gasteiger partial charge in [0.1, 0.15) is 34.7 Å². The van der Waals surface area contributed by atoms with E-state index in [1.165, 1.54) is 30.6 Å². The fourth-order valence-corrected chi connectivity index (χ4v) is 6.04. The Morgan fingerprint density at radius 2 is 1.09 bits per heavy atom. The molecule has 6 nitrogen and oxygen atoms in total. The maximum absolute atomic E-state index is 15.1. The Hall–Kier alpha value is -5.54. The van der Waals surface area contributed by atoms with Crippen molar-refractivity contribution in [3.05, 3.63) is 178 Å². The van der Waals surface area contributed by atoms with Gasteiger partial charge in [0.2, 0.25) is 0 Å². The lowest BCUT2D eigenvalue weighted by Crippen LogP contribution is -2.50. The molecule has 0 bridgehead atoms. The summed E-state index contributed by atoms with van der Waals surface area (Å²) in [6, 6.07) is 24.7. The topological polar surface area (TPSA) is 120 Å². The normalized spacial score (nSPS) is 16.2. The number of rotatable bonds is 9. The molecule has 3 heterocycles. The van der Waals surface area contributed by atoms with Crippen LogP contribution < -0.4 is 11.9 Å². The van der Waals surface area contributed by atoms with Gasteiger partial charge in [-0.2, -0.15) is 17.6 Å². The van der Waals surface area contributed by atoms with Crippen LogP contribution in [-0.4, -0.2) is 28.2 Å². The van der Waals surface area contributed by atoms with Crippen LogP contribution in [0.25, 0.3) is 22.3 Å². The zero-order valence-electron chi connectivity index (χ0n) is 30.0. The molecule has 292 valence electrons. The summed E-state index contributed by atoms with van der Waals surface area (Å²) in [7, 11) is 0. The van der Waals surface area contributed by atoms with Crippen LogP contribution in [0.4, 0.5) is 35.1 Å². The average Bonchev–Trinajstić information content (AvgIpc) is 3.98. The maximum Gasteiger partial charge on any atom is 0.324 e. The predicted octanol–water partition coefficient (Wildman–Crippen LogP) is 9.79. The summed E-state index contributed by atoms with van der Waals surface area (Å²) in [4.78, 5) is 7.68. The molecule has 1 aliphatic rings. The number of aromatic nitrogens is 2. The highest BCUT2D eigenvalue weighted by atomic mass is 19.3. The van der Waals surface area contributed by atoms with Crippen molar-refractivity contribution >= 4 is 0 Å². The summed E-state index contributed by atoms with van der Waals surface area (Å²) in [5.74, 6) is -11.8. The van der Waals surface area contributed by atoms with Gasteiger partial charge in [0.25, 0.3) is 0 Å². The fourth-order valence-electron chi connectivity index (χ4n) is 6.04. The Kier molecular flexibility index (Phi) is 11.8. The summed E-state index contributed by atoms with van der Waals surface area (Å²) in [6.07, 6.45) is 2.59. The van der Waals surface area contributed by atoms with E-state index >= 15 is 17.6 Å². The number of aryl methyl sites for hydroxylation is 2. The molecule has 6 N–H and O–H groups in total. The van der Waals surface area contributed by atoms with Crippen molar-refractivity contribution in [2.24, 2.45) is 5.73 Å². The van der Waals surface area contributed by atoms with Gasteiger partial charge in [-0.1, -0.05) is 77.9 Å². The van der Waals surface area contributed by atoms with Crippen molar-refractivity contribution in [3.8, 4) is 22.3 Å². The van der Waals surface area contributed by atoms with Crippen LogP contribution in [-0.2, 0) is 27.8 Å². The number of aliphatic hydroxyl groups is 1. The van der Waals surface area contributed by atoms with Crippen molar-refractivity contribution in [3.63, 3.8) is 0 Å². The van der Waals surface area contributed by atoms with E-state index < -0.39 is 69.8 Å². The van der Waals surface area contributed by atoms with Crippen LogP contribution in [0.3, 0.4) is 0 Å². The number of hydrogen-bond acceptors (Lipinski definition) is 6. The van der Waals surface area contributed by atoms with Gasteiger partial charge < -0.3 is 21.7 Å². The first-order valence-electron chi connectivity index (χ1n) is 16.8. The molecule has 0 amide bonds. The fraction of sp³-hybridized carbons (Fsp3) is 0.190. The molecule has 2 unspecified atom stereocenters. The quantitative estimate of drug-likeness (QED) is 0.0993. The van der Waals surface area contributed by atoms with Gasteiger partial charge in [0.05, 0.1) is 6.61 Å². The molecule has 4 aromatic carbocycles. The molecular formula is C42H36F8N4O2. The van der Waals surface area contributed by atoms with E-state index in [9.17, 15) is 22.7 Å². The van der Waals surface area contributed by atoms with Gasteiger partial charge in [-0.25, -0.2) is 17.6 Å². The van der Waals surface area contributed by atoms with E-state index in [4.69, 9.17) is 10.5 Å². The third kappa shape index (κ3) is 7.78. The first kappa shape index (κ1) is 41.6. The SMILES string of the molecule is Cc1ccc(-c2ccc(C(F)(F)C(O)(CN)c3ccc(F)cc3F)nc2)cc1.Cc1ccc(-c2ccc(C(F)(F)C3(c4ccc(F)cc4F)CO3)nc2)cc1.N. The van der Waals surface area contributed by atoms with E-state index in [1.54, 1.807) is 0 Å². The maximum atomic E-state index is 15.1. The molecule has 0 aliphatic carbocycles. The number of pyridine rings is 2. The molecule has 1 aliphatic heterocycles. The van der Waals surface area contributed by atoms with Crippen LogP contribution in [0.2, 0.25) is 0 Å². The largest absolute Gasteiger partial charge is 0.377 e. The Labute approximate surface area is 317 Å². The summed E-state index contributed by atoms with van der Waals surface area (Å²) in [5, 5.41) is 10.6. The molecule has 0 saturated carbocycles. The van der Waals surface area contributed by atoms with Gasteiger partial charge in [0.15, 0.2) is 11.2 Å². The lowest BCUT2D eigenvalue weighted by molar-refractivity contribution is -0.193.